The lowest BCUT2D eigenvalue weighted by molar-refractivity contribution is -0.120. The predicted molar refractivity (Wildman–Crippen MR) is 79.7 cm³/mol. The average molecular weight is 327 g/mol. The first-order valence-electron chi connectivity index (χ1n) is 6.47. The van der Waals surface area contributed by atoms with Gasteiger partial charge in [-0.15, -0.1) is 0 Å². The number of ether oxygens (including phenoxy) is 1. The number of benzene rings is 1. The number of anilines is 1. The molecule has 0 bridgehead atoms. The number of halogens is 1. The van der Waals surface area contributed by atoms with E-state index in [9.17, 15) is 4.79 Å². The van der Waals surface area contributed by atoms with Crippen LogP contribution in [0.2, 0.25) is 0 Å². The summed E-state index contributed by atoms with van der Waals surface area (Å²) in [4.78, 5) is 12.3. The van der Waals surface area contributed by atoms with Crippen LogP contribution in [0.3, 0.4) is 0 Å². The van der Waals surface area contributed by atoms with E-state index < -0.39 is 0 Å². The number of aryl methyl sites for hydroxylation is 1. The van der Waals surface area contributed by atoms with Crippen LogP contribution < -0.4 is 15.4 Å². The molecule has 0 radical (unpaired) electrons. The van der Waals surface area contributed by atoms with Gasteiger partial charge in [0.2, 0.25) is 5.91 Å². The van der Waals surface area contributed by atoms with E-state index in [0.29, 0.717) is 5.75 Å². The summed E-state index contributed by atoms with van der Waals surface area (Å²) >= 11 is 3.43. The summed E-state index contributed by atoms with van der Waals surface area (Å²) in [5, 5.41) is 6.26. The summed E-state index contributed by atoms with van der Waals surface area (Å²) in [7, 11) is 1.61. The molecule has 1 aromatic rings. The quantitative estimate of drug-likeness (QED) is 0.897. The molecule has 5 heteroatoms. The molecule has 4 nitrogen and oxygen atoms in total. The van der Waals surface area contributed by atoms with Gasteiger partial charge < -0.3 is 15.4 Å². The predicted octanol–water partition coefficient (Wildman–Crippen LogP) is 2.70. The number of methoxy groups -OCH3 is 1. The summed E-state index contributed by atoms with van der Waals surface area (Å²) in [6, 6.07) is 3.83. The van der Waals surface area contributed by atoms with E-state index in [2.05, 4.69) is 26.6 Å². The molecule has 1 heterocycles. The number of nitrogens with one attached hydrogen (secondary N) is 2. The van der Waals surface area contributed by atoms with Gasteiger partial charge in [-0.3, -0.25) is 4.79 Å². The number of carbonyl (C=O) groups is 1. The average Bonchev–Trinajstić information content (AvgIpc) is 2.42. The molecular formula is C14H19BrN2O2. The molecule has 2 rings (SSSR count). The molecule has 0 spiro atoms. The Kier molecular flexibility index (Phi) is 4.82. The van der Waals surface area contributed by atoms with E-state index in [0.717, 1.165) is 41.7 Å². The molecule has 0 saturated carbocycles. The van der Waals surface area contributed by atoms with Gasteiger partial charge in [0, 0.05) is 11.0 Å². The Morgan fingerprint density at radius 3 is 2.95 bits per heavy atom. The second-order valence-electron chi connectivity index (χ2n) is 4.83. The Hall–Kier alpha value is -1.07. The van der Waals surface area contributed by atoms with Crippen LogP contribution in [0, 0.1) is 12.8 Å². The van der Waals surface area contributed by atoms with E-state index in [4.69, 9.17) is 4.74 Å². The van der Waals surface area contributed by atoms with Crippen molar-refractivity contribution >= 4 is 27.5 Å². The van der Waals surface area contributed by atoms with Crippen LogP contribution in [0.5, 0.6) is 5.75 Å². The van der Waals surface area contributed by atoms with Gasteiger partial charge in [-0.25, -0.2) is 0 Å². The third-order valence-electron chi connectivity index (χ3n) is 3.40. The summed E-state index contributed by atoms with van der Waals surface area (Å²) in [5.74, 6) is 0.793. The molecule has 0 aromatic heterocycles. The summed E-state index contributed by atoms with van der Waals surface area (Å²) in [6.45, 7) is 3.72. The van der Waals surface area contributed by atoms with Crippen LogP contribution in [-0.2, 0) is 4.79 Å². The second-order valence-corrected chi connectivity index (χ2v) is 5.75. The third-order valence-corrected chi connectivity index (χ3v) is 3.86. The zero-order valence-corrected chi connectivity index (χ0v) is 12.8. The van der Waals surface area contributed by atoms with Crippen molar-refractivity contribution in [3.8, 4) is 5.75 Å². The molecule has 0 unspecified atom stereocenters. The minimum atomic E-state index is 0.0431. The Labute approximate surface area is 122 Å². The molecule has 1 aliphatic heterocycles. The monoisotopic (exact) mass is 326 g/mol. The van der Waals surface area contributed by atoms with Crippen molar-refractivity contribution in [1.29, 1.82) is 0 Å². The molecule has 0 aliphatic carbocycles. The SMILES string of the molecule is COc1cc(Br)cc(C)c1NC(=O)[C@H]1CCCNC1. The molecule has 1 atom stereocenters. The largest absolute Gasteiger partial charge is 0.495 e. The highest BCUT2D eigenvalue weighted by atomic mass is 79.9. The van der Waals surface area contributed by atoms with Crippen LogP contribution in [0.25, 0.3) is 0 Å². The highest BCUT2D eigenvalue weighted by molar-refractivity contribution is 9.10. The maximum atomic E-state index is 12.3. The lowest BCUT2D eigenvalue weighted by Crippen LogP contribution is -2.37. The maximum absolute atomic E-state index is 12.3. The summed E-state index contributed by atoms with van der Waals surface area (Å²) < 4.78 is 6.28. The van der Waals surface area contributed by atoms with E-state index in [1.165, 1.54) is 0 Å². The van der Waals surface area contributed by atoms with Crippen LogP contribution in [0.15, 0.2) is 16.6 Å². The first-order chi connectivity index (χ1) is 9.11. The van der Waals surface area contributed by atoms with Gasteiger partial charge >= 0.3 is 0 Å². The van der Waals surface area contributed by atoms with E-state index in [1.807, 2.05) is 19.1 Å². The fraction of sp³-hybridized carbons (Fsp3) is 0.500. The Bertz CT molecular complexity index is 471. The molecule has 1 aliphatic rings. The molecule has 1 amide bonds. The fourth-order valence-electron chi connectivity index (χ4n) is 2.33. The number of hydrogen-bond acceptors (Lipinski definition) is 3. The van der Waals surface area contributed by atoms with Crippen molar-refractivity contribution in [3.05, 3.63) is 22.2 Å². The minimum absolute atomic E-state index is 0.0431. The Morgan fingerprint density at radius 2 is 2.32 bits per heavy atom. The zero-order valence-electron chi connectivity index (χ0n) is 11.3. The molecule has 1 saturated heterocycles. The molecular weight excluding hydrogens is 308 g/mol. The smallest absolute Gasteiger partial charge is 0.228 e. The molecule has 1 aromatic carbocycles. The highest BCUT2D eigenvalue weighted by Crippen LogP contribution is 2.32. The van der Waals surface area contributed by atoms with Crippen LogP contribution in [-0.4, -0.2) is 26.1 Å². The normalized spacial score (nSPS) is 19.0. The third kappa shape index (κ3) is 3.48. The van der Waals surface area contributed by atoms with E-state index in [-0.39, 0.29) is 11.8 Å². The highest BCUT2D eigenvalue weighted by Gasteiger charge is 2.22. The van der Waals surface area contributed by atoms with Gasteiger partial charge in [0.05, 0.1) is 18.7 Å². The van der Waals surface area contributed by atoms with Crippen molar-refractivity contribution in [2.75, 3.05) is 25.5 Å². The summed E-state index contributed by atoms with van der Waals surface area (Å²) in [5.41, 5.74) is 1.75. The minimum Gasteiger partial charge on any atom is -0.495 e. The van der Waals surface area contributed by atoms with Crippen molar-refractivity contribution < 1.29 is 9.53 Å². The second kappa shape index (κ2) is 6.39. The number of rotatable bonds is 3. The molecule has 19 heavy (non-hydrogen) atoms. The van der Waals surface area contributed by atoms with Gasteiger partial charge in [0.25, 0.3) is 0 Å². The van der Waals surface area contributed by atoms with Gasteiger partial charge in [0.1, 0.15) is 5.75 Å². The van der Waals surface area contributed by atoms with E-state index in [1.54, 1.807) is 7.11 Å². The number of piperidine rings is 1. The standard InChI is InChI=1S/C14H19BrN2O2/c1-9-6-11(15)7-12(19-2)13(9)17-14(18)10-4-3-5-16-8-10/h6-7,10,16H,3-5,8H2,1-2H3,(H,17,18)/t10-/m0/s1. The Balaban J connectivity index is 2.15. The topological polar surface area (TPSA) is 50.4 Å². The fourth-order valence-corrected chi connectivity index (χ4v) is 2.89. The lowest BCUT2D eigenvalue weighted by Gasteiger charge is -2.23. The number of carbonyl (C=O) groups excluding carboxylic acids is 1. The van der Waals surface area contributed by atoms with Crippen molar-refractivity contribution in [1.82, 2.24) is 5.32 Å². The zero-order chi connectivity index (χ0) is 13.8. The first-order valence-corrected chi connectivity index (χ1v) is 7.27. The summed E-state index contributed by atoms with van der Waals surface area (Å²) in [6.07, 6.45) is 1.99. The van der Waals surface area contributed by atoms with Crippen molar-refractivity contribution in [2.45, 2.75) is 19.8 Å². The van der Waals surface area contributed by atoms with Gasteiger partial charge in [-0.1, -0.05) is 15.9 Å². The van der Waals surface area contributed by atoms with Gasteiger partial charge in [-0.2, -0.15) is 0 Å². The van der Waals surface area contributed by atoms with Crippen LogP contribution in [0.1, 0.15) is 18.4 Å². The number of amides is 1. The Morgan fingerprint density at radius 1 is 1.53 bits per heavy atom. The molecule has 1 fully saturated rings. The first kappa shape index (κ1) is 14.3. The molecule has 2 N–H and O–H groups in total. The lowest BCUT2D eigenvalue weighted by atomic mass is 9.98. The van der Waals surface area contributed by atoms with Crippen molar-refractivity contribution in [2.24, 2.45) is 5.92 Å². The number of hydrogen-bond donors (Lipinski definition) is 2. The molecule has 104 valence electrons. The van der Waals surface area contributed by atoms with Crippen LogP contribution in [0.4, 0.5) is 5.69 Å². The van der Waals surface area contributed by atoms with Gasteiger partial charge in [0.15, 0.2) is 0 Å². The van der Waals surface area contributed by atoms with E-state index >= 15 is 0 Å². The van der Waals surface area contributed by atoms with Gasteiger partial charge in [-0.05, 0) is 44.0 Å². The maximum Gasteiger partial charge on any atom is 0.228 e. The van der Waals surface area contributed by atoms with Crippen LogP contribution >= 0.6 is 15.9 Å². The van der Waals surface area contributed by atoms with Crippen molar-refractivity contribution in [3.63, 3.8) is 0 Å².